The smallest absolute Gasteiger partial charge is 0.426 e. The van der Waals surface area contributed by atoms with E-state index >= 15 is 0 Å². The van der Waals surface area contributed by atoms with Gasteiger partial charge in [-0.2, -0.15) is 8.78 Å². The van der Waals surface area contributed by atoms with Crippen molar-refractivity contribution in [2.24, 2.45) is 5.92 Å². The summed E-state index contributed by atoms with van der Waals surface area (Å²) in [5, 5.41) is 0. The van der Waals surface area contributed by atoms with Crippen LogP contribution in [0.3, 0.4) is 0 Å². The van der Waals surface area contributed by atoms with Gasteiger partial charge in [0, 0.05) is 12.1 Å². The van der Waals surface area contributed by atoms with Crippen molar-refractivity contribution in [1.82, 2.24) is 0 Å². The van der Waals surface area contributed by atoms with Crippen molar-refractivity contribution in [2.45, 2.75) is 37.7 Å². The predicted molar refractivity (Wildman–Crippen MR) is 124 cm³/mol. The molecule has 0 N–H and O–H groups in total. The van der Waals surface area contributed by atoms with Gasteiger partial charge in [-0.05, 0) is 66.3 Å². The lowest BCUT2D eigenvalue weighted by Gasteiger charge is -2.27. The van der Waals surface area contributed by atoms with E-state index in [4.69, 9.17) is 0 Å². The van der Waals surface area contributed by atoms with Crippen LogP contribution in [-0.2, 0) is 6.11 Å². The highest BCUT2D eigenvalue weighted by Crippen LogP contribution is 2.38. The molecule has 184 valence electrons. The van der Waals surface area contributed by atoms with Crippen molar-refractivity contribution in [2.75, 3.05) is 6.86 Å². The van der Waals surface area contributed by atoms with E-state index in [0.717, 1.165) is 36.8 Å². The van der Waals surface area contributed by atoms with E-state index in [9.17, 15) is 22.0 Å². The number of hydrogen-bond donors (Lipinski definition) is 0. The monoisotopic (exact) mass is 488 g/mol. The Morgan fingerprint density at radius 3 is 1.91 bits per heavy atom. The van der Waals surface area contributed by atoms with Gasteiger partial charge in [-0.25, -0.2) is 13.2 Å². The molecular weight excluding hydrogens is 463 g/mol. The van der Waals surface area contributed by atoms with Crippen molar-refractivity contribution in [1.29, 1.82) is 0 Å². The third kappa shape index (κ3) is 5.66. The first-order chi connectivity index (χ1) is 16.8. The number of halogens is 5. The van der Waals surface area contributed by atoms with Gasteiger partial charge in [-0.3, -0.25) is 0 Å². The minimum absolute atomic E-state index is 0.484. The van der Waals surface area contributed by atoms with E-state index in [1.54, 1.807) is 0 Å². The van der Waals surface area contributed by atoms with Crippen molar-refractivity contribution in [3.05, 3.63) is 96.1 Å². The molecule has 0 spiro atoms. The number of alkyl halides is 3. The topological polar surface area (TPSA) is 18.5 Å². The Balaban J connectivity index is 1.45. The lowest BCUT2D eigenvalue weighted by atomic mass is 9.78. The fourth-order valence-corrected chi connectivity index (χ4v) is 4.49. The van der Waals surface area contributed by atoms with Crippen LogP contribution in [0.1, 0.15) is 42.7 Å². The zero-order valence-corrected chi connectivity index (χ0v) is 19.0. The maximum absolute atomic E-state index is 14.6. The highest BCUT2D eigenvalue weighted by atomic mass is 19.3. The zero-order valence-electron chi connectivity index (χ0n) is 19.0. The highest BCUT2D eigenvalue weighted by molar-refractivity contribution is 5.64. The fraction of sp³-hybridized carbons (Fsp3) is 0.286. The summed E-state index contributed by atoms with van der Waals surface area (Å²) in [7, 11) is 0. The first-order valence-electron chi connectivity index (χ1n) is 11.4. The summed E-state index contributed by atoms with van der Waals surface area (Å²) < 4.78 is 77.9. The largest absolute Gasteiger partial charge is 0.457 e. The van der Waals surface area contributed by atoms with Crippen LogP contribution in [0.4, 0.5) is 22.0 Å². The Labute approximate surface area is 201 Å². The Bertz CT molecular complexity index is 1130. The zero-order chi connectivity index (χ0) is 25.0. The number of allylic oxidation sites excluding steroid dienone is 1. The molecule has 0 heterocycles. The van der Waals surface area contributed by atoms with Crippen LogP contribution in [0, 0.1) is 17.6 Å². The normalized spacial score (nSPS) is 18.2. The van der Waals surface area contributed by atoms with E-state index in [1.807, 2.05) is 18.2 Å². The Morgan fingerprint density at radius 2 is 1.40 bits per heavy atom. The van der Waals surface area contributed by atoms with Gasteiger partial charge >= 0.3 is 6.11 Å². The molecule has 2 nitrogen and oxygen atoms in total. The molecule has 1 aliphatic rings. The van der Waals surface area contributed by atoms with Crippen molar-refractivity contribution in [3.63, 3.8) is 0 Å². The van der Waals surface area contributed by atoms with Gasteiger partial charge in [0.05, 0.1) is 5.56 Å². The Kier molecular flexibility index (Phi) is 7.43. The molecule has 0 amide bonds. The Morgan fingerprint density at radius 1 is 0.857 bits per heavy atom. The molecule has 7 heteroatoms. The summed E-state index contributed by atoms with van der Waals surface area (Å²) >= 11 is 0. The van der Waals surface area contributed by atoms with Gasteiger partial charge in [0.15, 0.2) is 17.4 Å². The SMILES string of the molecule is C=CC1CCC(c2ccc(-c3ccc(C(F)(F)Oc4cc(F)c(OCF)c(F)c4)cc3)cc2)CC1. The second-order valence-corrected chi connectivity index (χ2v) is 8.64. The molecule has 1 fully saturated rings. The summed E-state index contributed by atoms with van der Waals surface area (Å²) in [4.78, 5) is 0. The van der Waals surface area contributed by atoms with Gasteiger partial charge < -0.3 is 9.47 Å². The summed E-state index contributed by atoms with van der Waals surface area (Å²) in [5.41, 5.74) is 2.42. The van der Waals surface area contributed by atoms with Crippen LogP contribution < -0.4 is 9.47 Å². The summed E-state index contributed by atoms with van der Waals surface area (Å²) in [6.45, 7) is 2.42. The van der Waals surface area contributed by atoms with Gasteiger partial charge in [0.1, 0.15) is 5.75 Å². The highest BCUT2D eigenvalue weighted by Gasteiger charge is 2.35. The fourth-order valence-electron chi connectivity index (χ4n) is 4.49. The van der Waals surface area contributed by atoms with Crippen molar-refractivity contribution < 1.29 is 31.4 Å². The molecule has 3 aromatic rings. The maximum Gasteiger partial charge on any atom is 0.426 e. The number of rotatable bonds is 8. The third-order valence-electron chi connectivity index (χ3n) is 6.46. The van der Waals surface area contributed by atoms with Crippen molar-refractivity contribution in [3.8, 4) is 22.6 Å². The molecule has 0 aliphatic heterocycles. The molecule has 0 aromatic heterocycles. The van der Waals surface area contributed by atoms with Crippen LogP contribution in [-0.4, -0.2) is 6.86 Å². The molecule has 0 bridgehead atoms. The van der Waals surface area contributed by atoms with E-state index in [2.05, 4.69) is 28.2 Å². The van der Waals surface area contributed by atoms with E-state index < -0.39 is 41.7 Å². The van der Waals surface area contributed by atoms with E-state index in [-0.39, 0.29) is 0 Å². The molecule has 1 aliphatic carbocycles. The second-order valence-electron chi connectivity index (χ2n) is 8.64. The van der Waals surface area contributed by atoms with Gasteiger partial charge in [0.25, 0.3) is 0 Å². The maximum atomic E-state index is 14.6. The third-order valence-corrected chi connectivity index (χ3v) is 6.46. The average molecular weight is 488 g/mol. The van der Waals surface area contributed by atoms with Crippen LogP contribution in [0.2, 0.25) is 0 Å². The van der Waals surface area contributed by atoms with Crippen LogP contribution in [0.5, 0.6) is 11.5 Å². The first-order valence-corrected chi connectivity index (χ1v) is 11.4. The van der Waals surface area contributed by atoms with Crippen LogP contribution >= 0.6 is 0 Å². The Hall–Kier alpha value is -3.35. The van der Waals surface area contributed by atoms with Crippen LogP contribution in [0.15, 0.2) is 73.3 Å². The quantitative estimate of drug-likeness (QED) is 0.234. The molecular formula is C28H25F5O2. The number of benzene rings is 3. The van der Waals surface area contributed by atoms with E-state index in [1.165, 1.54) is 29.8 Å². The molecule has 0 radical (unpaired) electrons. The van der Waals surface area contributed by atoms with Crippen LogP contribution in [0.25, 0.3) is 11.1 Å². The van der Waals surface area contributed by atoms with Crippen molar-refractivity contribution >= 4 is 0 Å². The molecule has 0 unspecified atom stereocenters. The molecule has 35 heavy (non-hydrogen) atoms. The minimum atomic E-state index is -3.85. The predicted octanol–water partition coefficient (Wildman–Crippen LogP) is 8.53. The van der Waals surface area contributed by atoms with Gasteiger partial charge in [0.2, 0.25) is 6.86 Å². The standard InChI is InChI=1S/C28H25F5O2/c1-2-18-3-5-19(6-4-18)20-7-9-21(10-8-20)22-11-13-23(14-12-22)28(32,33)35-24-15-25(30)27(34-17-29)26(31)16-24/h2,7-16,18-19H,1,3-6,17H2. The molecule has 0 atom stereocenters. The van der Waals surface area contributed by atoms with Gasteiger partial charge in [-0.1, -0.05) is 42.5 Å². The summed E-state index contributed by atoms with van der Waals surface area (Å²) in [5.74, 6) is -3.33. The average Bonchev–Trinajstić information content (AvgIpc) is 2.86. The minimum Gasteiger partial charge on any atom is -0.457 e. The number of hydrogen-bond acceptors (Lipinski definition) is 2. The number of ether oxygens (including phenoxy) is 2. The van der Waals surface area contributed by atoms with Gasteiger partial charge in [-0.15, -0.1) is 6.58 Å². The summed E-state index contributed by atoms with van der Waals surface area (Å²) in [6.07, 6.45) is 2.71. The molecule has 1 saturated carbocycles. The first kappa shape index (κ1) is 24.8. The molecule has 0 saturated heterocycles. The second kappa shape index (κ2) is 10.5. The lowest BCUT2D eigenvalue weighted by Crippen LogP contribution is -2.22. The molecule has 4 rings (SSSR count). The summed E-state index contributed by atoms with van der Waals surface area (Å²) in [6, 6.07) is 14.6. The lowest BCUT2D eigenvalue weighted by molar-refractivity contribution is -0.185. The molecule has 3 aromatic carbocycles. The van der Waals surface area contributed by atoms with E-state index in [0.29, 0.717) is 24.0 Å².